The molecule has 0 fully saturated rings. The minimum atomic E-state index is -3.49. The Morgan fingerprint density at radius 1 is 1.86 bits per heavy atom. The van der Waals surface area contributed by atoms with Crippen LogP contribution in [0.2, 0.25) is 0 Å². The van der Waals surface area contributed by atoms with Crippen molar-refractivity contribution in [2.24, 2.45) is 0 Å². The standard InChI is InChI=1S/C2H7O3PS/c1-5-6(3,4)7-2/h1-2H3,(H,3,4)/p-1. The van der Waals surface area contributed by atoms with Crippen molar-refractivity contribution in [2.75, 3.05) is 13.4 Å². The summed E-state index contributed by atoms with van der Waals surface area (Å²) in [7, 11) is 1.14. The fourth-order valence-electron chi connectivity index (χ4n) is 0.0745. The molecule has 0 aliphatic carbocycles. The van der Waals surface area contributed by atoms with Crippen molar-refractivity contribution < 1.29 is 14.0 Å². The summed E-state index contributed by atoms with van der Waals surface area (Å²) < 4.78 is 14.2. The molecule has 0 saturated carbocycles. The van der Waals surface area contributed by atoms with E-state index < -0.39 is 6.80 Å². The second-order valence-corrected chi connectivity index (χ2v) is 4.87. The number of rotatable bonds is 2. The fourth-order valence-corrected chi connectivity index (χ4v) is 0.671. The van der Waals surface area contributed by atoms with E-state index in [0.717, 1.165) is 7.11 Å². The molecule has 44 valence electrons. The zero-order valence-corrected chi connectivity index (χ0v) is 5.79. The topological polar surface area (TPSA) is 49.4 Å². The summed E-state index contributed by atoms with van der Waals surface area (Å²) >= 11 is 0.705. The predicted molar refractivity (Wildman–Crippen MR) is 28.1 cm³/mol. The Kier molecular flexibility index (Phi) is 2.92. The van der Waals surface area contributed by atoms with Crippen molar-refractivity contribution in [3.05, 3.63) is 0 Å². The van der Waals surface area contributed by atoms with Crippen LogP contribution in [0.5, 0.6) is 0 Å². The Bertz CT molecular complexity index is 84.9. The van der Waals surface area contributed by atoms with Crippen LogP contribution in [-0.4, -0.2) is 13.4 Å². The van der Waals surface area contributed by atoms with Gasteiger partial charge >= 0.3 is 0 Å². The highest BCUT2D eigenvalue weighted by Crippen LogP contribution is 2.48. The van der Waals surface area contributed by atoms with Crippen LogP contribution in [0, 0.1) is 0 Å². The molecular formula is C2H6O3PS-. The van der Waals surface area contributed by atoms with Gasteiger partial charge in [-0.25, -0.2) is 0 Å². The molecule has 1 atom stereocenters. The molecule has 0 amide bonds. The molecule has 0 heterocycles. The van der Waals surface area contributed by atoms with Crippen LogP contribution in [0.25, 0.3) is 0 Å². The van der Waals surface area contributed by atoms with E-state index in [9.17, 15) is 9.46 Å². The van der Waals surface area contributed by atoms with Crippen molar-refractivity contribution in [3.8, 4) is 0 Å². The van der Waals surface area contributed by atoms with E-state index in [1.54, 1.807) is 0 Å². The third-order valence-corrected chi connectivity index (χ3v) is 3.13. The lowest BCUT2D eigenvalue weighted by Crippen LogP contribution is -1.96. The van der Waals surface area contributed by atoms with Gasteiger partial charge in [0.15, 0.2) is 6.80 Å². The molecule has 7 heavy (non-hydrogen) atoms. The molecule has 5 heteroatoms. The van der Waals surface area contributed by atoms with Gasteiger partial charge in [-0.1, -0.05) is 11.4 Å². The summed E-state index contributed by atoms with van der Waals surface area (Å²) in [4.78, 5) is 10.1. The van der Waals surface area contributed by atoms with Crippen molar-refractivity contribution in [1.82, 2.24) is 0 Å². The van der Waals surface area contributed by atoms with Gasteiger partial charge < -0.3 is 9.42 Å². The molecule has 3 nitrogen and oxygen atoms in total. The lowest BCUT2D eigenvalue weighted by molar-refractivity contribution is -0.187. The van der Waals surface area contributed by atoms with Crippen LogP contribution in [0.3, 0.4) is 0 Å². The third-order valence-electron chi connectivity index (χ3n) is 0.447. The van der Waals surface area contributed by atoms with Gasteiger partial charge in [-0.15, -0.1) is 0 Å². The van der Waals surface area contributed by atoms with E-state index in [4.69, 9.17) is 0 Å². The zero-order valence-electron chi connectivity index (χ0n) is 4.08. The van der Waals surface area contributed by atoms with Crippen molar-refractivity contribution in [2.45, 2.75) is 0 Å². The Labute approximate surface area is 46.3 Å². The average molecular weight is 141 g/mol. The van der Waals surface area contributed by atoms with E-state index in [0.29, 0.717) is 11.4 Å². The van der Waals surface area contributed by atoms with Crippen molar-refractivity contribution in [1.29, 1.82) is 0 Å². The smallest absolute Gasteiger partial charge is 0.191 e. The van der Waals surface area contributed by atoms with E-state index >= 15 is 0 Å². The summed E-state index contributed by atoms with van der Waals surface area (Å²) in [6.07, 6.45) is 1.46. The van der Waals surface area contributed by atoms with Gasteiger partial charge in [0.1, 0.15) is 0 Å². The molecule has 1 unspecified atom stereocenters. The number of hydrogen-bond acceptors (Lipinski definition) is 4. The first-order valence-corrected chi connectivity index (χ1v) is 4.92. The Balaban J connectivity index is 3.61. The Morgan fingerprint density at radius 3 is 2.29 bits per heavy atom. The largest absolute Gasteiger partial charge is 0.770 e. The monoisotopic (exact) mass is 141 g/mol. The molecule has 0 N–H and O–H groups in total. The molecule has 0 aromatic heterocycles. The van der Waals surface area contributed by atoms with E-state index in [2.05, 4.69) is 4.52 Å². The van der Waals surface area contributed by atoms with E-state index in [-0.39, 0.29) is 0 Å². The summed E-state index contributed by atoms with van der Waals surface area (Å²) in [5, 5.41) is 0. The maximum atomic E-state index is 10.1. The van der Waals surface area contributed by atoms with Gasteiger partial charge in [-0.3, -0.25) is 4.57 Å². The van der Waals surface area contributed by atoms with Crippen LogP contribution in [0.4, 0.5) is 0 Å². The summed E-state index contributed by atoms with van der Waals surface area (Å²) in [6.45, 7) is -3.49. The second kappa shape index (κ2) is 2.72. The van der Waals surface area contributed by atoms with Gasteiger partial charge in [0.25, 0.3) is 0 Å². The zero-order chi connectivity index (χ0) is 5.91. The summed E-state index contributed by atoms with van der Waals surface area (Å²) in [6, 6.07) is 0. The first-order valence-electron chi connectivity index (χ1n) is 1.55. The van der Waals surface area contributed by atoms with Crippen molar-refractivity contribution >= 4 is 18.2 Å². The predicted octanol–water partition coefficient (Wildman–Crippen LogP) is 0.464. The van der Waals surface area contributed by atoms with Gasteiger partial charge in [0.2, 0.25) is 0 Å². The minimum absolute atomic E-state index is 0.705. The normalized spacial score (nSPS) is 18.7. The summed E-state index contributed by atoms with van der Waals surface area (Å²) in [5.74, 6) is 0. The van der Waals surface area contributed by atoms with Crippen molar-refractivity contribution in [3.63, 3.8) is 0 Å². The van der Waals surface area contributed by atoms with Crippen LogP contribution < -0.4 is 4.89 Å². The molecule has 0 aliphatic heterocycles. The van der Waals surface area contributed by atoms with E-state index in [1.165, 1.54) is 6.26 Å². The third kappa shape index (κ3) is 3.12. The lowest BCUT2D eigenvalue weighted by Gasteiger charge is -2.15. The maximum absolute atomic E-state index is 10.1. The second-order valence-electron chi connectivity index (χ2n) is 0.812. The molecular weight excluding hydrogens is 135 g/mol. The van der Waals surface area contributed by atoms with Crippen LogP contribution in [0.15, 0.2) is 0 Å². The molecule has 0 spiro atoms. The molecule has 0 radical (unpaired) electrons. The van der Waals surface area contributed by atoms with Gasteiger partial charge in [-0.05, 0) is 6.26 Å². The Morgan fingerprint density at radius 2 is 2.29 bits per heavy atom. The van der Waals surface area contributed by atoms with Crippen LogP contribution in [-0.2, 0) is 9.09 Å². The number of hydrogen-bond donors (Lipinski definition) is 0. The van der Waals surface area contributed by atoms with Gasteiger partial charge in [0, 0.05) is 7.11 Å². The van der Waals surface area contributed by atoms with E-state index in [1.807, 2.05) is 0 Å². The van der Waals surface area contributed by atoms with Crippen LogP contribution >= 0.6 is 18.2 Å². The molecule has 0 aromatic rings. The SMILES string of the molecule is COP(=O)([O-])SC. The minimum Gasteiger partial charge on any atom is -0.770 e. The van der Waals surface area contributed by atoms with Gasteiger partial charge in [-0.2, -0.15) is 0 Å². The average Bonchev–Trinajstić information content (AvgIpc) is 1.68. The fraction of sp³-hybridized carbons (Fsp3) is 1.00. The maximum Gasteiger partial charge on any atom is 0.191 e. The molecule has 0 aromatic carbocycles. The highest BCUT2D eigenvalue weighted by Gasteiger charge is 1.98. The highest BCUT2D eigenvalue weighted by atomic mass is 32.7. The highest BCUT2D eigenvalue weighted by molar-refractivity contribution is 8.54. The first kappa shape index (κ1) is 7.50. The first-order chi connectivity index (χ1) is 3.12. The molecule has 0 saturated heterocycles. The van der Waals surface area contributed by atoms with Gasteiger partial charge in [0.05, 0.1) is 0 Å². The molecule has 0 rings (SSSR count). The van der Waals surface area contributed by atoms with Crippen LogP contribution in [0.1, 0.15) is 0 Å². The molecule has 0 bridgehead atoms. The molecule has 0 aliphatic rings. The summed E-state index contributed by atoms with van der Waals surface area (Å²) in [5.41, 5.74) is 0. The lowest BCUT2D eigenvalue weighted by atomic mass is 11.8. The quantitative estimate of drug-likeness (QED) is 0.524. The Hall–Kier alpha value is 0.500.